The number of amides is 1. The van der Waals surface area contributed by atoms with Gasteiger partial charge >= 0.3 is 6.18 Å². The second-order valence-corrected chi connectivity index (χ2v) is 9.04. The van der Waals surface area contributed by atoms with Crippen molar-refractivity contribution in [1.29, 1.82) is 0 Å². The lowest BCUT2D eigenvalue weighted by Crippen LogP contribution is -2.24. The number of rotatable bonds is 9. The molecular formula is C26H22F4N4OS. The molecule has 0 saturated heterocycles. The van der Waals surface area contributed by atoms with E-state index in [0.717, 1.165) is 17.7 Å². The van der Waals surface area contributed by atoms with Crippen LogP contribution in [-0.4, -0.2) is 20.8 Å². The molecule has 5 nitrogen and oxygen atoms in total. The molecule has 4 aromatic rings. The number of thiazole rings is 1. The molecule has 36 heavy (non-hydrogen) atoms. The van der Waals surface area contributed by atoms with Crippen LogP contribution < -0.4 is 5.32 Å². The molecule has 2 aromatic heterocycles. The first-order valence-corrected chi connectivity index (χ1v) is 11.9. The molecule has 0 radical (unpaired) electrons. The van der Waals surface area contributed by atoms with Gasteiger partial charge in [-0.15, -0.1) is 11.3 Å². The average molecular weight is 515 g/mol. The largest absolute Gasteiger partial charge is 0.416 e. The summed E-state index contributed by atoms with van der Waals surface area (Å²) in [6, 6.07) is 14.9. The minimum Gasteiger partial charge on any atom is -0.347 e. The highest BCUT2D eigenvalue weighted by atomic mass is 32.1. The zero-order valence-corrected chi connectivity index (χ0v) is 19.8. The predicted octanol–water partition coefficient (Wildman–Crippen LogP) is 5.83. The van der Waals surface area contributed by atoms with Crippen LogP contribution in [0.5, 0.6) is 0 Å². The quantitative estimate of drug-likeness (QED) is 0.286. The van der Waals surface area contributed by atoms with Crippen molar-refractivity contribution in [2.75, 3.05) is 0 Å². The third-order valence-corrected chi connectivity index (χ3v) is 6.19. The summed E-state index contributed by atoms with van der Waals surface area (Å²) in [6.07, 6.45) is -1.19. The van der Waals surface area contributed by atoms with Gasteiger partial charge in [-0.2, -0.15) is 13.2 Å². The van der Waals surface area contributed by atoms with Gasteiger partial charge in [-0.1, -0.05) is 36.4 Å². The van der Waals surface area contributed by atoms with E-state index in [1.165, 1.54) is 23.5 Å². The lowest BCUT2D eigenvalue weighted by atomic mass is 10.1. The summed E-state index contributed by atoms with van der Waals surface area (Å²) in [5.74, 6) is -0.741. The van der Waals surface area contributed by atoms with Gasteiger partial charge in [0.05, 0.1) is 12.1 Å². The number of pyridine rings is 1. The maximum absolute atomic E-state index is 14.3. The monoisotopic (exact) mass is 514 g/mol. The van der Waals surface area contributed by atoms with Gasteiger partial charge < -0.3 is 5.32 Å². The van der Waals surface area contributed by atoms with Crippen LogP contribution in [0.4, 0.5) is 17.6 Å². The van der Waals surface area contributed by atoms with E-state index in [4.69, 9.17) is 0 Å². The lowest BCUT2D eigenvalue weighted by molar-refractivity contribution is -0.137. The van der Waals surface area contributed by atoms with Crippen LogP contribution in [0.25, 0.3) is 0 Å². The molecule has 0 aliphatic carbocycles. The molecule has 0 bridgehead atoms. The van der Waals surface area contributed by atoms with E-state index in [2.05, 4.69) is 15.3 Å². The number of halogens is 4. The molecule has 0 saturated carbocycles. The van der Waals surface area contributed by atoms with E-state index in [0.29, 0.717) is 22.7 Å². The Kier molecular flexibility index (Phi) is 8.07. The fourth-order valence-electron chi connectivity index (χ4n) is 3.59. The van der Waals surface area contributed by atoms with Crippen molar-refractivity contribution in [3.8, 4) is 0 Å². The number of benzene rings is 2. The Morgan fingerprint density at radius 2 is 1.72 bits per heavy atom. The van der Waals surface area contributed by atoms with Gasteiger partial charge in [0.2, 0.25) is 0 Å². The van der Waals surface area contributed by atoms with Crippen LogP contribution in [0.1, 0.15) is 37.7 Å². The highest BCUT2D eigenvalue weighted by Gasteiger charge is 2.30. The first kappa shape index (κ1) is 25.5. The van der Waals surface area contributed by atoms with Crippen molar-refractivity contribution in [2.24, 2.45) is 0 Å². The molecule has 2 heterocycles. The average Bonchev–Trinajstić information content (AvgIpc) is 3.33. The van der Waals surface area contributed by atoms with Crippen LogP contribution >= 0.6 is 11.3 Å². The van der Waals surface area contributed by atoms with Gasteiger partial charge in [0.15, 0.2) is 0 Å². The van der Waals surface area contributed by atoms with E-state index >= 15 is 0 Å². The molecule has 0 atom stereocenters. The van der Waals surface area contributed by atoms with Gasteiger partial charge in [-0.3, -0.25) is 14.7 Å². The van der Waals surface area contributed by atoms with Crippen molar-refractivity contribution in [3.63, 3.8) is 0 Å². The Bertz CT molecular complexity index is 1310. The number of aromatic nitrogens is 2. The molecule has 186 valence electrons. The normalized spacial score (nSPS) is 11.6. The predicted molar refractivity (Wildman–Crippen MR) is 128 cm³/mol. The summed E-state index contributed by atoms with van der Waals surface area (Å²) in [4.78, 5) is 22.7. The third kappa shape index (κ3) is 6.96. The van der Waals surface area contributed by atoms with Gasteiger partial charge in [0.25, 0.3) is 5.91 Å². The summed E-state index contributed by atoms with van der Waals surface area (Å²) in [5, 5.41) is 5.02. The van der Waals surface area contributed by atoms with E-state index < -0.39 is 17.6 Å². The van der Waals surface area contributed by atoms with Gasteiger partial charge in [0.1, 0.15) is 16.5 Å². The summed E-state index contributed by atoms with van der Waals surface area (Å²) < 4.78 is 53.9. The first-order valence-electron chi connectivity index (χ1n) is 11.0. The standard InChI is InChI=1S/C26H22F4N4OS/c27-22-7-2-1-5-20(22)15-34(14-19-4-3-6-21(12-19)26(28,29)30)16-24-33-23(17-36-24)25(35)32-13-18-8-10-31-11-9-18/h1-12,17H,13-16H2,(H,32,35). The SMILES string of the molecule is O=C(NCc1ccncc1)c1csc(CN(Cc2cccc(C(F)(F)F)c2)Cc2ccccc2F)n1. The molecule has 0 aliphatic heterocycles. The molecule has 1 amide bonds. The molecular weight excluding hydrogens is 492 g/mol. The summed E-state index contributed by atoms with van der Waals surface area (Å²) in [7, 11) is 0. The maximum atomic E-state index is 14.3. The minimum atomic E-state index is -4.46. The van der Waals surface area contributed by atoms with E-state index in [1.54, 1.807) is 59.1 Å². The number of nitrogens with zero attached hydrogens (tertiary/aromatic N) is 3. The van der Waals surface area contributed by atoms with Gasteiger partial charge in [-0.25, -0.2) is 9.37 Å². The van der Waals surface area contributed by atoms with Crippen LogP contribution in [0.15, 0.2) is 78.4 Å². The van der Waals surface area contributed by atoms with Crippen molar-refractivity contribution in [2.45, 2.75) is 32.4 Å². The Morgan fingerprint density at radius 3 is 2.47 bits per heavy atom. The number of hydrogen-bond acceptors (Lipinski definition) is 5. The second-order valence-electron chi connectivity index (χ2n) is 8.10. The van der Waals surface area contributed by atoms with Crippen molar-refractivity contribution >= 4 is 17.2 Å². The lowest BCUT2D eigenvalue weighted by Gasteiger charge is -2.22. The van der Waals surface area contributed by atoms with Gasteiger partial charge in [0, 0.05) is 43.0 Å². The Balaban J connectivity index is 1.49. The Hall–Kier alpha value is -3.63. The van der Waals surface area contributed by atoms with E-state index in [9.17, 15) is 22.4 Å². The Morgan fingerprint density at radius 1 is 0.944 bits per heavy atom. The minimum absolute atomic E-state index is 0.140. The summed E-state index contributed by atoms with van der Waals surface area (Å²) >= 11 is 1.26. The van der Waals surface area contributed by atoms with Crippen LogP contribution in [0, 0.1) is 5.82 Å². The summed E-state index contributed by atoms with van der Waals surface area (Å²) in [5.41, 5.74) is 1.25. The smallest absolute Gasteiger partial charge is 0.347 e. The maximum Gasteiger partial charge on any atom is 0.416 e. The number of nitrogens with one attached hydrogen (secondary N) is 1. The topological polar surface area (TPSA) is 58.1 Å². The van der Waals surface area contributed by atoms with Crippen molar-refractivity contribution < 1.29 is 22.4 Å². The second kappa shape index (κ2) is 11.4. The number of hydrogen-bond donors (Lipinski definition) is 1. The molecule has 0 unspecified atom stereocenters. The Labute approximate surface area is 209 Å². The highest BCUT2D eigenvalue weighted by molar-refractivity contribution is 7.09. The highest BCUT2D eigenvalue weighted by Crippen LogP contribution is 2.30. The van der Waals surface area contributed by atoms with Crippen LogP contribution in [0.3, 0.4) is 0 Å². The molecule has 0 fully saturated rings. The van der Waals surface area contributed by atoms with E-state index in [1.807, 2.05) is 0 Å². The third-order valence-electron chi connectivity index (χ3n) is 5.36. The number of alkyl halides is 3. The molecule has 0 spiro atoms. The molecule has 2 aromatic carbocycles. The zero-order valence-electron chi connectivity index (χ0n) is 19.0. The number of carbonyl (C=O) groups is 1. The van der Waals surface area contributed by atoms with Crippen molar-refractivity contribution in [3.05, 3.63) is 117 Å². The van der Waals surface area contributed by atoms with Crippen LogP contribution in [-0.2, 0) is 32.4 Å². The van der Waals surface area contributed by atoms with Crippen molar-refractivity contribution in [1.82, 2.24) is 20.2 Å². The molecule has 4 rings (SSSR count). The zero-order chi connectivity index (χ0) is 25.5. The van der Waals surface area contributed by atoms with Gasteiger partial charge in [-0.05, 0) is 35.4 Å². The number of carbonyl (C=O) groups excluding carboxylic acids is 1. The van der Waals surface area contributed by atoms with E-state index in [-0.39, 0.29) is 31.2 Å². The van der Waals surface area contributed by atoms with Crippen LogP contribution in [0.2, 0.25) is 0 Å². The first-order chi connectivity index (χ1) is 17.3. The molecule has 1 N–H and O–H groups in total. The molecule has 0 aliphatic rings. The summed E-state index contributed by atoms with van der Waals surface area (Å²) in [6.45, 7) is 0.851. The fourth-order valence-corrected chi connectivity index (χ4v) is 4.41. The fraction of sp³-hybridized carbons (Fsp3) is 0.192. The molecule has 10 heteroatoms.